The molecule has 2 atom stereocenters. The summed E-state index contributed by atoms with van der Waals surface area (Å²) in [5, 5.41) is 17.9. The van der Waals surface area contributed by atoms with Crippen LogP contribution in [0.25, 0.3) is 0 Å². The van der Waals surface area contributed by atoms with Gasteiger partial charge in [0.15, 0.2) is 0 Å². The van der Waals surface area contributed by atoms with Crippen molar-refractivity contribution in [3.05, 3.63) is 70.8 Å². The summed E-state index contributed by atoms with van der Waals surface area (Å²) in [7, 11) is 0. The van der Waals surface area contributed by atoms with Gasteiger partial charge in [-0.3, -0.25) is 0 Å². The maximum atomic E-state index is 10.9. The molecule has 0 aromatic heterocycles. The van der Waals surface area contributed by atoms with Gasteiger partial charge in [0.25, 0.3) is 0 Å². The van der Waals surface area contributed by atoms with Crippen LogP contribution < -0.4 is 0 Å². The first-order chi connectivity index (χ1) is 10.6. The molecule has 4 nitrogen and oxygen atoms in total. The van der Waals surface area contributed by atoms with Crippen molar-refractivity contribution in [2.45, 2.75) is 24.7 Å². The highest BCUT2D eigenvalue weighted by molar-refractivity contribution is 5.88. The monoisotopic (exact) mass is 296 g/mol. The molecule has 0 amide bonds. The molecule has 4 heteroatoms. The number of carboxylic acid groups (broad SMARTS) is 2. The van der Waals surface area contributed by atoms with Crippen LogP contribution in [0, 0.1) is 0 Å². The van der Waals surface area contributed by atoms with Crippen molar-refractivity contribution < 1.29 is 19.8 Å². The molecule has 2 aromatic rings. The fraction of sp³-hybridized carbons (Fsp3) is 0.222. The lowest BCUT2D eigenvalue weighted by molar-refractivity contribution is 0.0686. The predicted molar refractivity (Wildman–Crippen MR) is 81.5 cm³/mol. The average molecular weight is 296 g/mol. The molecule has 1 aliphatic rings. The van der Waals surface area contributed by atoms with Gasteiger partial charge in [-0.15, -0.1) is 0 Å². The van der Waals surface area contributed by atoms with Crippen molar-refractivity contribution in [2.24, 2.45) is 0 Å². The second-order valence-electron chi connectivity index (χ2n) is 5.64. The molecule has 0 spiro atoms. The Morgan fingerprint density at radius 3 is 1.23 bits per heavy atom. The molecule has 0 radical (unpaired) electrons. The molecule has 0 heterocycles. The topological polar surface area (TPSA) is 74.6 Å². The lowest BCUT2D eigenvalue weighted by Gasteiger charge is -2.37. The van der Waals surface area contributed by atoms with Gasteiger partial charge in [-0.2, -0.15) is 0 Å². The number of aromatic carboxylic acids is 2. The SMILES string of the molecule is O=C(O)c1ccc(C2CC[C@H]2c2ccc(C(=O)O)cc2)cc1. The summed E-state index contributed by atoms with van der Waals surface area (Å²) in [6.45, 7) is 0. The van der Waals surface area contributed by atoms with Crippen molar-refractivity contribution in [1.29, 1.82) is 0 Å². The molecule has 3 rings (SSSR count). The van der Waals surface area contributed by atoms with Gasteiger partial charge < -0.3 is 10.2 Å². The second kappa shape index (κ2) is 5.64. The Labute approximate surface area is 128 Å². The maximum absolute atomic E-state index is 10.9. The van der Waals surface area contributed by atoms with E-state index in [9.17, 15) is 9.59 Å². The van der Waals surface area contributed by atoms with Gasteiger partial charge in [-0.1, -0.05) is 24.3 Å². The van der Waals surface area contributed by atoms with E-state index in [2.05, 4.69) is 0 Å². The van der Waals surface area contributed by atoms with Crippen LogP contribution >= 0.6 is 0 Å². The van der Waals surface area contributed by atoms with Crippen LogP contribution in [0.4, 0.5) is 0 Å². The van der Waals surface area contributed by atoms with E-state index in [4.69, 9.17) is 10.2 Å². The number of carbonyl (C=O) groups is 2. The van der Waals surface area contributed by atoms with Crippen LogP contribution in [0.1, 0.15) is 56.5 Å². The minimum absolute atomic E-state index is 0.297. The molecule has 112 valence electrons. The zero-order chi connectivity index (χ0) is 15.7. The van der Waals surface area contributed by atoms with Crippen molar-refractivity contribution in [1.82, 2.24) is 0 Å². The fourth-order valence-electron chi connectivity index (χ4n) is 3.04. The van der Waals surface area contributed by atoms with Gasteiger partial charge in [0, 0.05) is 0 Å². The number of hydrogen-bond acceptors (Lipinski definition) is 2. The Bertz CT molecular complexity index is 637. The molecule has 2 N–H and O–H groups in total. The van der Waals surface area contributed by atoms with Crippen molar-refractivity contribution in [3.8, 4) is 0 Å². The first-order valence-electron chi connectivity index (χ1n) is 7.23. The summed E-state index contributed by atoms with van der Waals surface area (Å²) in [6, 6.07) is 14.1. The Morgan fingerprint density at radius 1 is 0.682 bits per heavy atom. The average Bonchev–Trinajstić information content (AvgIpc) is 2.47. The van der Waals surface area contributed by atoms with Gasteiger partial charge >= 0.3 is 11.9 Å². The standard InChI is InChI=1S/C18H16O4/c19-17(20)13-5-1-11(2-6-13)15-9-10-16(15)12-3-7-14(8-4-12)18(21)22/h1-8,15-16H,9-10H2,(H,19,20)(H,21,22)/t15-,16?/m0/s1. The minimum atomic E-state index is -0.916. The van der Waals surface area contributed by atoms with Crippen molar-refractivity contribution in [2.75, 3.05) is 0 Å². The lowest BCUT2D eigenvalue weighted by Crippen LogP contribution is -2.22. The van der Waals surface area contributed by atoms with Crippen LogP contribution in [-0.4, -0.2) is 22.2 Å². The number of benzene rings is 2. The van der Waals surface area contributed by atoms with Gasteiger partial charge in [0.05, 0.1) is 11.1 Å². The Morgan fingerprint density at radius 2 is 1.00 bits per heavy atom. The molecule has 1 saturated carbocycles. The summed E-state index contributed by atoms with van der Waals surface area (Å²) >= 11 is 0. The summed E-state index contributed by atoms with van der Waals surface area (Å²) < 4.78 is 0. The van der Waals surface area contributed by atoms with Gasteiger partial charge in [-0.25, -0.2) is 9.59 Å². The largest absolute Gasteiger partial charge is 0.478 e. The third-order valence-corrected chi connectivity index (χ3v) is 4.45. The van der Waals surface area contributed by atoms with E-state index in [1.165, 1.54) is 0 Å². The molecule has 0 aliphatic heterocycles. The summed E-state index contributed by atoms with van der Waals surface area (Å²) in [5.41, 5.74) is 2.88. The van der Waals surface area contributed by atoms with Crippen LogP contribution in [0.3, 0.4) is 0 Å². The normalized spacial score (nSPS) is 20.2. The Balaban J connectivity index is 1.78. The Hall–Kier alpha value is -2.62. The third-order valence-electron chi connectivity index (χ3n) is 4.45. The van der Waals surface area contributed by atoms with Crippen LogP contribution in [0.2, 0.25) is 0 Å². The van der Waals surface area contributed by atoms with Crippen LogP contribution in [-0.2, 0) is 0 Å². The molecular formula is C18H16O4. The Kier molecular flexibility index (Phi) is 3.67. The van der Waals surface area contributed by atoms with Gasteiger partial charge in [0.2, 0.25) is 0 Å². The minimum Gasteiger partial charge on any atom is -0.478 e. The zero-order valence-electron chi connectivity index (χ0n) is 11.9. The highest BCUT2D eigenvalue weighted by Gasteiger charge is 2.33. The zero-order valence-corrected chi connectivity index (χ0v) is 11.9. The molecule has 1 fully saturated rings. The molecule has 22 heavy (non-hydrogen) atoms. The second-order valence-corrected chi connectivity index (χ2v) is 5.64. The van der Waals surface area contributed by atoms with E-state index < -0.39 is 11.9 Å². The third kappa shape index (κ3) is 2.60. The molecule has 0 bridgehead atoms. The van der Waals surface area contributed by atoms with Gasteiger partial charge in [0.1, 0.15) is 0 Å². The molecular weight excluding hydrogens is 280 g/mol. The van der Waals surface area contributed by atoms with Gasteiger partial charge in [-0.05, 0) is 60.1 Å². The lowest BCUT2D eigenvalue weighted by atomic mass is 9.67. The predicted octanol–water partition coefficient (Wildman–Crippen LogP) is 3.74. The highest BCUT2D eigenvalue weighted by atomic mass is 16.4. The van der Waals surface area contributed by atoms with E-state index >= 15 is 0 Å². The first kappa shape index (κ1) is 14.3. The molecule has 1 aliphatic carbocycles. The van der Waals surface area contributed by atoms with E-state index in [1.807, 2.05) is 24.3 Å². The van der Waals surface area contributed by atoms with Crippen LogP contribution in [0.15, 0.2) is 48.5 Å². The van der Waals surface area contributed by atoms with E-state index in [-0.39, 0.29) is 0 Å². The number of carboxylic acids is 2. The fourth-order valence-corrected chi connectivity index (χ4v) is 3.04. The molecule has 1 unspecified atom stereocenters. The maximum Gasteiger partial charge on any atom is 0.335 e. The number of hydrogen-bond donors (Lipinski definition) is 2. The summed E-state index contributed by atoms with van der Waals surface area (Å²) in [4.78, 5) is 21.8. The highest BCUT2D eigenvalue weighted by Crippen LogP contribution is 2.49. The van der Waals surface area contributed by atoms with E-state index in [1.54, 1.807) is 24.3 Å². The molecule has 0 saturated heterocycles. The molecule has 2 aromatic carbocycles. The van der Waals surface area contributed by atoms with E-state index in [0.29, 0.717) is 23.0 Å². The van der Waals surface area contributed by atoms with Crippen molar-refractivity contribution >= 4 is 11.9 Å². The van der Waals surface area contributed by atoms with Crippen LogP contribution in [0.5, 0.6) is 0 Å². The number of rotatable bonds is 4. The summed E-state index contributed by atoms with van der Waals surface area (Å²) in [6.07, 6.45) is 2.13. The first-order valence-corrected chi connectivity index (χ1v) is 7.23. The van der Waals surface area contributed by atoms with E-state index in [0.717, 1.165) is 24.0 Å². The summed E-state index contributed by atoms with van der Waals surface area (Å²) in [5.74, 6) is -1.08. The quantitative estimate of drug-likeness (QED) is 0.901. The van der Waals surface area contributed by atoms with Crippen molar-refractivity contribution in [3.63, 3.8) is 0 Å². The smallest absolute Gasteiger partial charge is 0.335 e.